The Hall–Kier alpha value is -1.10. The van der Waals surface area contributed by atoms with Gasteiger partial charge in [-0.15, -0.1) is 0 Å². The predicted molar refractivity (Wildman–Crippen MR) is 61.9 cm³/mol. The monoisotopic (exact) mass is 230 g/mol. The number of carboxylic acids is 1. The van der Waals surface area contributed by atoms with Crippen molar-refractivity contribution in [1.29, 1.82) is 0 Å². The maximum Gasteiger partial charge on any atom is 0.305 e. The van der Waals surface area contributed by atoms with Crippen LogP contribution in [-0.2, 0) is 9.59 Å². The number of nitrogens with one attached hydrogen (secondary N) is 1. The topological polar surface area (TPSA) is 92.4 Å². The highest BCUT2D eigenvalue weighted by Crippen LogP contribution is 2.10. The lowest BCUT2D eigenvalue weighted by Crippen LogP contribution is -2.51. The molecular weight excluding hydrogens is 208 g/mol. The molecule has 0 aliphatic heterocycles. The summed E-state index contributed by atoms with van der Waals surface area (Å²) in [5.41, 5.74) is 4.93. The molecule has 0 aromatic rings. The van der Waals surface area contributed by atoms with Crippen LogP contribution in [0.2, 0.25) is 0 Å². The van der Waals surface area contributed by atoms with Gasteiger partial charge in [-0.1, -0.05) is 13.8 Å². The first-order chi connectivity index (χ1) is 7.14. The van der Waals surface area contributed by atoms with Crippen molar-refractivity contribution < 1.29 is 14.7 Å². The van der Waals surface area contributed by atoms with Crippen molar-refractivity contribution in [2.75, 3.05) is 0 Å². The SMILES string of the molecule is CC(C)C[C@H](N)C(=O)NC(C)(C)CC(=O)O. The van der Waals surface area contributed by atoms with E-state index < -0.39 is 17.6 Å². The van der Waals surface area contributed by atoms with E-state index >= 15 is 0 Å². The van der Waals surface area contributed by atoms with Crippen molar-refractivity contribution in [2.45, 2.75) is 52.1 Å². The standard InChI is InChI=1S/C11H22N2O3/c1-7(2)5-8(12)10(16)13-11(3,4)6-9(14)15/h7-8H,5-6,12H2,1-4H3,(H,13,16)(H,14,15)/t8-/m0/s1. The highest BCUT2D eigenvalue weighted by molar-refractivity contribution is 5.82. The molecular formula is C11H22N2O3. The number of carboxylic acid groups (broad SMARTS) is 1. The van der Waals surface area contributed by atoms with Crippen molar-refractivity contribution in [3.63, 3.8) is 0 Å². The van der Waals surface area contributed by atoms with Crippen molar-refractivity contribution in [3.05, 3.63) is 0 Å². The fourth-order valence-corrected chi connectivity index (χ4v) is 1.46. The second-order valence-electron chi connectivity index (χ2n) is 5.18. The first-order valence-electron chi connectivity index (χ1n) is 5.43. The van der Waals surface area contributed by atoms with E-state index in [4.69, 9.17) is 10.8 Å². The first-order valence-corrected chi connectivity index (χ1v) is 5.43. The van der Waals surface area contributed by atoms with Crippen LogP contribution >= 0.6 is 0 Å². The third-order valence-electron chi connectivity index (χ3n) is 2.12. The summed E-state index contributed by atoms with van der Waals surface area (Å²) in [4.78, 5) is 22.2. The number of carbonyl (C=O) groups excluding carboxylic acids is 1. The number of rotatable bonds is 6. The van der Waals surface area contributed by atoms with Crippen LogP contribution in [0.3, 0.4) is 0 Å². The van der Waals surface area contributed by atoms with Crippen LogP contribution in [-0.4, -0.2) is 28.6 Å². The molecule has 0 heterocycles. The molecule has 0 aromatic carbocycles. The van der Waals surface area contributed by atoms with Gasteiger partial charge in [0.2, 0.25) is 5.91 Å². The molecule has 4 N–H and O–H groups in total. The quantitative estimate of drug-likeness (QED) is 0.627. The number of nitrogens with two attached hydrogens (primary N) is 1. The number of hydrogen-bond acceptors (Lipinski definition) is 3. The lowest BCUT2D eigenvalue weighted by Gasteiger charge is -2.26. The smallest absolute Gasteiger partial charge is 0.305 e. The number of aliphatic carboxylic acids is 1. The minimum atomic E-state index is -0.942. The Morgan fingerprint density at radius 2 is 1.88 bits per heavy atom. The van der Waals surface area contributed by atoms with E-state index in [1.807, 2.05) is 13.8 Å². The summed E-state index contributed by atoms with van der Waals surface area (Å²) >= 11 is 0. The molecule has 0 rings (SSSR count). The molecule has 0 saturated carbocycles. The molecule has 0 radical (unpaired) electrons. The van der Waals surface area contributed by atoms with Crippen molar-refractivity contribution in [1.82, 2.24) is 5.32 Å². The molecule has 0 aliphatic carbocycles. The van der Waals surface area contributed by atoms with Crippen LogP contribution in [0.4, 0.5) is 0 Å². The van der Waals surface area contributed by atoms with E-state index in [1.54, 1.807) is 13.8 Å². The second-order valence-corrected chi connectivity index (χ2v) is 5.18. The molecule has 0 aromatic heterocycles. The molecule has 16 heavy (non-hydrogen) atoms. The molecule has 0 bridgehead atoms. The summed E-state index contributed by atoms with van der Waals surface area (Å²) < 4.78 is 0. The largest absolute Gasteiger partial charge is 0.481 e. The van der Waals surface area contributed by atoms with Gasteiger partial charge >= 0.3 is 5.97 Å². The maximum atomic E-state index is 11.6. The van der Waals surface area contributed by atoms with Gasteiger partial charge in [-0.25, -0.2) is 0 Å². The Balaban J connectivity index is 4.26. The van der Waals surface area contributed by atoms with Crippen molar-refractivity contribution in [3.8, 4) is 0 Å². The lowest BCUT2D eigenvalue weighted by molar-refractivity contribution is -0.138. The number of carbonyl (C=O) groups is 2. The Kier molecular flexibility index (Phi) is 5.44. The zero-order chi connectivity index (χ0) is 12.9. The molecule has 0 fully saturated rings. The van der Waals surface area contributed by atoms with Gasteiger partial charge in [0.25, 0.3) is 0 Å². The molecule has 0 saturated heterocycles. The molecule has 0 spiro atoms. The van der Waals surface area contributed by atoms with Gasteiger partial charge in [-0.2, -0.15) is 0 Å². The summed E-state index contributed by atoms with van der Waals surface area (Å²) in [5, 5.41) is 11.3. The van der Waals surface area contributed by atoms with Gasteiger partial charge in [-0.05, 0) is 26.2 Å². The number of amides is 1. The van der Waals surface area contributed by atoms with Crippen LogP contribution in [0.25, 0.3) is 0 Å². The van der Waals surface area contributed by atoms with E-state index in [0.29, 0.717) is 12.3 Å². The van der Waals surface area contributed by atoms with E-state index in [0.717, 1.165) is 0 Å². The zero-order valence-corrected chi connectivity index (χ0v) is 10.4. The minimum Gasteiger partial charge on any atom is -0.481 e. The zero-order valence-electron chi connectivity index (χ0n) is 10.4. The average Bonchev–Trinajstić information content (AvgIpc) is 1.98. The van der Waals surface area contributed by atoms with Gasteiger partial charge in [0, 0.05) is 5.54 Å². The van der Waals surface area contributed by atoms with Crippen LogP contribution in [0.15, 0.2) is 0 Å². The van der Waals surface area contributed by atoms with Gasteiger partial charge in [0.1, 0.15) is 0 Å². The molecule has 0 unspecified atom stereocenters. The number of hydrogen-bond donors (Lipinski definition) is 3. The van der Waals surface area contributed by atoms with Gasteiger partial charge in [0.05, 0.1) is 12.5 Å². The predicted octanol–water partition coefficient (Wildman–Crippen LogP) is 0.729. The normalized spacial score (nSPS) is 13.6. The highest BCUT2D eigenvalue weighted by atomic mass is 16.4. The minimum absolute atomic E-state index is 0.118. The van der Waals surface area contributed by atoms with Crippen molar-refractivity contribution in [2.24, 2.45) is 11.7 Å². The van der Waals surface area contributed by atoms with Gasteiger partial charge in [-0.3, -0.25) is 9.59 Å². The Morgan fingerprint density at radius 1 is 1.38 bits per heavy atom. The summed E-state index contributed by atoms with van der Waals surface area (Å²) in [6, 6.07) is -0.576. The van der Waals surface area contributed by atoms with Crippen LogP contribution in [0.1, 0.15) is 40.5 Å². The summed E-state index contributed by atoms with van der Waals surface area (Å²) in [7, 11) is 0. The third-order valence-corrected chi connectivity index (χ3v) is 2.12. The van der Waals surface area contributed by atoms with E-state index in [2.05, 4.69) is 5.32 Å². The van der Waals surface area contributed by atoms with E-state index in [-0.39, 0.29) is 12.3 Å². The summed E-state index contributed by atoms with van der Waals surface area (Å²) in [6.45, 7) is 7.30. The van der Waals surface area contributed by atoms with Crippen LogP contribution < -0.4 is 11.1 Å². The lowest BCUT2D eigenvalue weighted by atomic mass is 9.98. The Bertz CT molecular complexity index is 262. The molecule has 94 valence electrons. The third kappa shape index (κ3) is 6.40. The molecule has 0 aliphatic rings. The molecule has 5 nitrogen and oxygen atoms in total. The summed E-state index contributed by atoms with van der Waals surface area (Å²) in [6.07, 6.45) is 0.474. The van der Waals surface area contributed by atoms with Crippen molar-refractivity contribution >= 4 is 11.9 Å². The Morgan fingerprint density at radius 3 is 2.25 bits per heavy atom. The fraction of sp³-hybridized carbons (Fsp3) is 0.818. The van der Waals surface area contributed by atoms with Crippen LogP contribution in [0, 0.1) is 5.92 Å². The molecule has 1 amide bonds. The van der Waals surface area contributed by atoms with Gasteiger partial charge < -0.3 is 16.2 Å². The summed E-state index contributed by atoms with van der Waals surface area (Å²) in [5.74, 6) is -0.897. The Labute approximate surface area is 96.4 Å². The fourth-order valence-electron chi connectivity index (χ4n) is 1.46. The molecule has 1 atom stereocenters. The highest BCUT2D eigenvalue weighted by Gasteiger charge is 2.26. The van der Waals surface area contributed by atoms with E-state index in [1.165, 1.54) is 0 Å². The first kappa shape index (κ1) is 14.9. The van der Waals surface area contributed by atoms with Gasteiger partial charge in [0.15, 0.2) is 0 Å². The van der Waals surface area contributed by atoms with Crippen LogP contribution in [0.5, 0.6) is 0 Å². The maximum absolute atomic E-state index is 11.6. The second kappa shape index (κ2) is 5.84. The van der Waals surface area contributed by atoms with E-state index in [9.17, 15) is 9.59 Å². The molecule has 5 heteroatoms. The average molecular weight is 230 g/mol.